The summed E-state index contributed by atoms with van der Waals surface area (Å²) in [7, 11) is -2.40. The molecule has 6 nitrogen and oxygen atoms in total. The van der Waals surface area contributed by atoms with Gasteiger partial charge < -0.3 is 10.1 Å². The van der Waals surface area contributed by atoms with Crippen molar-refractivity contribution < 1.29 is 22.3 Å². The van der Waals surface area contributed by atoms with Crippen LogP contribution in [-0.4, -0.2) is 51.5 Å². The molecule has 1 saturated heterocycles. The van der Waals surface area contributed by atoms with Gasteiger partial charge in [-0.1, -0.05) is 0 Å². The molecule has 1 aromatic carbocycles. The predicted octanol–water partition coefficient (Wildman–Crippen LogP) is 1.37. The number of hydrogen-bond acceptors (Lipinski definition) is 4. The number of amides is 1. The fraction of sp³-hybridized carbons (Fsp3) is 0.533. The maximum absolute atomic E-state index is 14.0. The predicted molar refractivity (Wildman–Crippen MR) is 83.2 cm³/mol. The average Bonchev–Trinajstić information content (AvgIpc) is 3.02. The molecular weight excluding hydrogens is 323 g/mol. The summed E-state index contributed by atoms with van der Waals surface area (Å²) in [4.78, 5) is 11.7. The van der Waals surface area contributed by atoms with E-state index in [4.69, 9.17) is 4.74 Å². The van der Waals surface area contributed by atoms with Crippen LogP contribution in [0.1, 0.15) is 30.1 Å². The molecule has 2 rings (SSSR count). The molecule has 23 heavy (non-hydrogen) atoms. The van der Waals surface area contributed by atoms with Gasteiger partial charge in [0.2, 0.25) is 10.0 Å². The molecule has 1 heterocycles. The van der Waals surface area contributed by atoms with E-state index in [-0.39, 0.29) is 11.6 Å². The molecule has 0 spiro atoms. The number of hydrogen-bond donors (Lipinski definition) is 1. The number of ether oxygens (including phenoxy) is 1. The largest absolute Gasteiger partial charge is 0.383 e. The summed E-state index contributed by atoms with van der Waals surface area (Å²) >= 11 is 0. The van der Waals surface area contributed by atoms with Gasteiger partial charge in [0.25, 0.3) is 5.91 Å². The minimum Gasteiger partial charge on any atom is -0.383 e. The lowest BCUT2D eigenvalue weighted by Crippen LogP contribution is -2.36. The summed E-state index contributed by atoms with van der Waals surface area (Å²) < 4.78 is 45.2. The van der Waals surface area contributed by atoms with Crippen LogP contribution in [0.4, 0.5) is 4.39 Å². The van der Waals surface area contributed by atoms with Gasteiger partial charge in [-0.05, 0) is 38.0 Å². The maximum atomic E-state index is 14.0. The molecule has 1 aromatic rings. The third-order valence-corrected chi connectivity index (χ3v) is 5.58. The summed E-state index contributed by atoms with van der Waals surface area (Å²) in [5.41, 5.74) is 0.104. The molecule has 0 aliphatic carbocycles. The van der Waals surface area contributed by atoms with E-state index < -0.39 is 26.6 Å². The van der Waals surface area contributed by atoms with E-state index >= 15 is 0 Å². The summed E-state index contributed by atoms with van der Waals surface area (Å²) in [5.74, 6) is -1.31. The average molecular weight is 344 g/mol. The van der Waals surface area contributed by atoms with Gasteiger partial charge in [0, 0.05) is 31.8 Å². The van der Waals surface area contributed by atoms with E-state index in [0.29, 0.717) is 19.7 Å². The molecule has 1 aliphatic rings. The second kappa shape index (κ2) is 7.37. The first-order valence-corrected chi connectivity index (χ1v) is 8.89. The van der Waals surface area contributed by atoms with E-state index in [2.05, 4.69) is 5.32 Å². The van der Waals surface area contributed by atoms with Crippen molar-refractivity contribution in [1.82, 2.24) is 9.62 Å². The summed E-state index contributed by atoms with van der Waals surface area (Å²) in [6, 6.07) is 3.14. The number of halogens is 1. The molecular formula is C15H21FN2O4S. The quantitative estimate of drug-likeness (QED) is 0.846. The molecule has 0 saturated carbocycles. The first-order valence-electron chi connectivity index (χ1n) is 7.45. The first kappa shape index (κ1) is 17.8. The topological polar surface area (TPSA) is 75.7 Å². The first-order chi connectivity index (χ1) is 10.9. The van der Waals surface area contributed by atoms with Crippen LogP contribution in [0.15, 0.2) is 23.1 Å². The highest BCUT2D eigenvalue weighted by molar-refractivity contribution is 7.89. The smallest absolute Gasteiger partial charge is 0.251 e. The Balaban J connectivity index is 2.27. The van der Waals surface area contributed by atoms with Crippen LogP contribution in [-0.2, 0) is 14.8 Å². The van der Waals surface area contributed by atoms with Gasteiger partial charge in [0.05, 0.1) is 6.61 Å². The lowest BCUT2D eigenvalue weighted by Gasteiger charge is -2.17. The van der Waals surface area contributed by atoms with Crippen LogP contribution in [0, 0.1) is 5.82 Å². The Morgan fingerprint density at radius 2 is 2.04 bits per heavy atom. The number of benzene rings is 1. The summed E-state index contributed by atoms with van der Waals surface area (Å²) in [6.45, 7) is 2.84. The van der Waals surface area contributed by atoms with Crippen LogP contribution in [0.5, 0.6) is 0 Å². The standard InChI is InChI=1S/C15H21FN2O4S/c1-11(10-22-2)17-15(19)12-5-6-13(16)14(9-12)23(20,21)18-7-3-4-8-18/h5-6,9,11H,3-4,7-8,10H2,1-2H3,(H,17,19)/t11-/m0/s1. The fourth-order valence-electron chi connectivity index (χ4n) is 2.51. The molecule has 0 radical (unpaired) electrons. The molecule has 1 amide bonds. The zero-order chi connectivity index (χ0) is 17.0. The highest BCUT2D eigenvalue weighted by Crippen LogP contribution is 2.24. The molecule has 128 valence electrons. The molecule has 1 fully saturated rings. The van der Waals surface area contributed by atoms with Gasteiger partial charge in [-0.3, -0.25) is 4.79 Å². The fourth-order valence-corrected chi connectivity index (χ4v) is 4.12. The van der Waals surface area contributed by atoms with Crippen molar-refractivity contribution in [2.45, 2.75) is 30.7 Å². The van der Waals surface area contributed by atoms with Gasteiger partial charge >= 0.3 is 0 Å². The van der Waals surface area contributed by atoms with E-state index in [1.54, 1.807) is 6.92 Å². The van der Waals surface area contributed by atoms with Crippen molar-refractivity contribution in [3.8, 4) is 0 Å². The lowest BCUT2D eigenvalue weighted by molar-refractivity contribution is 0.0905. The van der Waals surface area contributed by atoms with Crippen LogP contribution in [0.25, 0.3) is 0 Å². The molecule has 0 unspecified atom stereocenters. The zero-order valence-electron chi connectivity index (χ0n) is 13.2. The molecule has 0 aromatic heterocycles. The highest BCUT2D eigenvalue weighted by atomic mass is 32.2. The monoisotopic (exact) mass is 344 g/mol. The summed E-state index contributed by atoms with van der Waals surface area (Å²) in [6.07, 6.45) is 1.52. The molecule has 1 N–H and O–H groups in total. The Labute approximate surface area is 135 Å². The minimum absolute atomic E-state index is 0.104. The van der Waals surface area contributed by atoms with E-state index in [0.717, 1.165) is 25.0 Å². The Bertz CT molecular complexity index is 672. The SMILES string of the molecule is COC[C@H](C)NC(=O)c1ccc(F)c(S(=O)(=O)N2CCCC2)c1. The number of methoxy groups -OCH3 is 1. The Morgan fingerprint density at radius 3 is 2.65 bits per heavy atom. The van der Waals surface area contributed by atoms with E-state index in [1.807, 2.05) is 0 Å². The number of sulfonamides is 1. The lowest BCUT2D eigenvalue weighted by atomic mass is 10.2. The minimum atomic E-state index is -3.91. The normalized spacial score (nSPS) is 17.2. The Morgan fingerprint density at radius 1 is 1.39 bits per heavy atom. The maximum Gasteiger partial charge on any atom is 0.251 e. The van der Waals surface area contributed by atoms with Gasteiger partial charge in [0.15, 0.2) is 0 Å². The third kappa shape index (κ3) is 4.07. The second-order valence-corrected chi connectivity index (χ2v) is 7.49. The van der Waals surface area contributed by atoms with Gasteiger partial charge in [0.1, 0.15) is 10.7 Å². The van der Waals surface area contributed by atoms with Crippen molar-refractivity contribution in [3.05, 3.63) is 29.6 Å². The highest BCUT2D eigenvalue weighted by Gasteiger charge is 2.30. The van der Waals surface area contributed by atoms with E-state index in [9.17, 15) is 17.6 Å². The van der Waals surface area contributed by atoms with Crippen molar-refractivity contribution >= 4 is 15.9 Å². The number of nitrogens with one attached hydrogen (secondary N) is 1. The molecule has 1 aliphatic heterocycles. The van der Waals surface area contributed by atoms with Crippen molar-refractivity contribution in [1.29, 1.82) is 0 Å². The number of rotatable bonds is 6. The van der Waals surface area contributed by atoms with Crippen molar-refractivity contribution in [3.63, 3.8) is 0 Å². The molecule has 0 bridgehead atoms. The van der Waals surface area contributed by atoms with Crippen LogP contribution in [0.3, 0.4) is 0 Å². The molecule has 1 atom stereocenters. The van der Waals surface area contributed by atoms with Gasteiger partial charge in [-0.15, -0.1) is 0 Å². The third-order valence-electron chi connectivity index (χ3n) is 3.67. The molecule has 8 heteroatoms. The zero-order valence-corrected chi connectivity index (χ0v) is 14.0. The van der Waals surface area contributed by atoms with Gasteiger partial charge in [-0.2, -0.15) is 4.31 Å². The van der Waals surface area contributed by atoms with Crippen molar-refractivity contribution in [2.75, 3.05) is 26.8 Å². The van der Waals surface area contributed by atoms with Crippen LogP contribution < -0.4 is 5.32 Å². The van der Waals surface area contributed by atoms with Gasteiger partial charge in [-0.25, -0.2) is 12.8 Å². The Kier molecular flexibility index (Phi) is 5.72. The van der Waals surface area contributed by atoms with E-state index in [1.165, 1.54) is 17.5 Å². The van der Waals surface area contributed by atoms with Crippen LogP contribution in [0.2, 0.25) is 0 Å². The summed E-state index contributed by atoms with van der Waals surface area (Å²) in [5, 5.41) is 2.67. The Hall–Kier alpha value is -1.51. The van der Waals surface area contributed by atoms with Crippen LogP contribution >= 0.6 is 0 Å². The number of carbonyl (C=O) groups is 1. The number of carbonyl (C=O) groups excluding carboxylic acids is 1. The second-order valence-electron chi connectivity index (χ2n) is 5.59. The number of nitrogens with zero attached hydrogens (tertiary/aromatic N) is 1. The van der Waals surface area contributed by atoms with Crippen molar-refractivity contribution in [2.24, 2.45) is 0 Å².